The minimum absolute atomic E-state index is 0.268. The molecule has 0 saturated heterocycles. The molecule has 0 radical (unpaired) electrons. The lowest BCUT2D eigenvalue weighted by Gasteiger charge is -2.03. The average molecular weight is 317 g/mol. The van der Waals surface area contributed by atoms with E-state index in [0.29, 0.717) is 5.82 Å². The third kappa shape index (κ3) is 1.83. The van der Waals surface area contributed by atoms with E-state index in [-0.39, 0.29) is 5.82 Å². The highest BCUT2D eigenvalue weighted by Gasteiger charge is 2.10. The van der Waals surface area contributed by atoms with Gasteiger partial charge in [0.1, 0.15) is 11.6 Å². The molecule has 5 heteroatoms. The summed E-state index contributed by atoms with van der Waals surface area (Å²) in [5.74, 6) is 0.315. The fourth-order valence-electron chi connectivity index (χ4n) is 1.31. The number of aromatic nitrogens is 2. The van der Waals surface area contributed by atoms with E-state index in [1.807, 2.05) is 6.92 Å². The second-order valence-electron chi connectivity index (χ2n) is 3.17. The van der Waals surface area contributed by atoms with Crippen LogP contribution < -0.4 is 5.73 Å². The predicted octanol–water partition coefficient (Wildman–Crippen LogP) is 2.51. The van der Waals surface area contributed by atoms with Crippen LogP contribution in [0, 0.1) is 16.3 Å². The summed E-state index contributed by atoms with van der Waals surface area (Å²) in [6.07, 6.45) is 0. The molecule has 0 aliphatic rings. The van der Waals surface area contributed by atoms with E-state index in [1.54, 1.807) is 16.8 Å². The van der Waals surface area contributed by atoms with Crippen LogP contribution in [0.25, 0.3) is 5.69 Å². The van der Waals surface area contributed by atoms with Gasteiger partial charge in [-0.3, -0.25) is 0 Å². The molecule has 0 unspecified atom stereocenters. The molecule has 1 aromatic heterocycles. The van der Waals surface area contributed by atoms with Crippen LogP contribution in [0.5, 0.6) is 0 Å². The Labute approximate surface area is 100 Å². The third-order valence-corrected chi connectivity index (χ3v) is 3.43. The van der Waals surface area contributed by atoms with E-state index in [4.69, 9.17) is 5.73 Å². The molecule has 1 heterocycles. The monoisotopic (exact) mass is 317 g/mol. The molecule has 0 saturated carbocycles. The smallest absolute Gasteiger partial charge is 0.140 e. The summed E-state index contributed by atoms with van der Waals surface area (Å²) < 4.78 is 15.3. The zero-order valence-electron chi connectivity index (χ0n) is 8.04. The Morgan fingerprint density at radius 3 is 2.40 bits per heavy atom. The Morgan fingerprint density at radius 2 is 1.93 bits per heavy atom. The van der Waals surface area contributed by atoms with Gasteiger partial charge < -0.3 is 5.73 Å². The van der Waals surface area contributed by atoms with Crippen LogP contribution in [-0.2, 0) is 0 Å². The summed E-state index contributed by atoms with van der Waals surface area (Å²) in [5.41, 5.74) is 7.51. The lowest BCUT2D eigenvalue weighted by Crippen LogP contribution is -2.02. The first-order valence-electron chi connectivity index (χ1n) is 4.36. The number of halogens is 2. The summed E-state index contributed by atoms with van der Waals surface area (Å²) in [6, 6.07) is 6.07. The molecule has 0 aliphatic carbocycles. The van der Waals surface area contributed by atoms with E-state index in [0.717, 1.165) is 15.0 Å². The quantitative estimate of drug-likeness (QED) is 0.822. The summed E-state index contributed by atoms with van der Waals surface area (Å²) in [4.78, 5) is 0. The number of anilines is 1. The molecule has 0 spiro atoms. The summed E-state index contributed by atoms with van der Waals surface area (Å²) in [5, 5.41) is 4.27. The maximum atomic E-state index is 12.7. The van der Waals surface area contributed by atoms with Crippen molar-refractivity contribution in [2.24, 2.45) is 0 Å². The minimum atomic E-state index is -0.268. The van der Waals surface area contributed by atoms with Crippen molar-refractivity contribution in [3.05, 3.63) is 39.3 Å². The Morgan fingerprint density at radius 1 is 1.33 bits per heavy atom. The van der Waals surface area contributed by atoms with E-state index in [1.165, 1.54) is 12.1 Å². The molecule has 15 heavy (non-hydrogen) atoms. The van der Waals surface area contributed by atoms with Gasteiger partial charge in [-0.25, -0.2) is 9.07 Å². The number of aryl methyl sites for hydroxylation is 1. The molecule has 2 N–H and O–H groups in total. The Kier molecular flexibility index (Phi) is 2.64. The summed E-state index contributed by atoms with van der Waals surface area (Å²) in [6.45, 7) is 1.89. The Balaban J connectivity index is 2.54. The van der Waals surface area contributed by atoms with Crippen molar-refractivity contribution in [2.75, 3.05) is 5.73 Å². The molecule has 0 fully saturated rings. The van der Waals surface area contributed by atoms with Crippen molar-refractivity contribution in [1.82, 2.24) is 9.78 Å². The molecule has 78 valence electrons. The maximum absolute atomic E-state index is 12.7. The zero-order chi connectivity index (χ0) is 11.0. The lowest BCUT2D eigenvalue weighted by atomic mass is 10.3. The third-order valence-electron chi connectivity index (χ3n) is 2.09. The van der Waals surface area contributed by atoms with Crippen molar-refractivity contribution >= 4 is 28.4 Å². The van der Waals surface area contributed by atoms with Gasteiger partial charge in [0.25, 0.3) is 0 Å². The second-order valence-corrected chi connectivity index (χ2v) is 4.25. The molecule has 2 aromatic rings. The maximum Gasteiger partial charge on any atom is 0.140 e. The van der Waals surface area contributed by atoms with Crippen LogP contribution in [0.3, 0.4) is 0 Å². The fourth-order valence-corrected chi connectivity index (χ4v) is 1.64. The van der Waals surface area contributed by atoms with Crippen LogP contribution in [0.2, 0.25) is 0 Å². The van der Waals surface area contributed by atoms with Gasteiger partial charge in [0, 0.05) is 0 Å². The van der Waals surface area contributed by atoms with Crippen molar-refractivity contribution in [3.63, 3.8) is 0 Å². The lowest BCUT2D eigenvalue weighted by molar-refractivity contribution is 0.627. The predicted molar refractivity (Wildman–Crippen MR) is 65.4 cm³/mol. The number of hydrogen-bond donors (Lipinski definition) is 1. The molecular formula is C10H9FIN3. The number of benzene rings is 1. The average Bonchev–Trinajstić information content (AvgIpc) is 2.47. The van der Waals surface area contributed by atoms with Gasteiger partial charge in [-0.2, -0.15) is 5.10 Å². The SMILES string of the molecule is Cc1nn(-c2ccc(F)cc2)c(N)c1I. The van der Waals surface area contributed by atoms with Crippen LogP contribution in [0.15, 0.2) is 24.3 Å². The van der Waals surface area contributed by atoms with Gasteiger partial charge in [-0.15, -0.1) is 0 Å². The summed E-state index contributed by atoms with van der Waals surface area (Å²) in [7, 11) is 0. The van der Waals surface area contributed by atoms with Crippen LogP contribution >= 0.6 is 22.6 Å². The van der Waals surface area contributed by atoms with E-state index < -0.39 is 0 Å². The van der Waals surface area contributed by atoms with Gasteiger partial charge in [0.05, 0.1) is 15.0 Å². The first kappa shape index (κ1) is 10.4. The number of nitrogens with two attached hydrogens (primary N) is 1. The number of nitrogens with zero attached hydrogens (tertiary/aromatic N) is 2. The molecule has 0 aliphatic heterocycles. The van der Waals surface area contributed by atoms with Gasteiger partial charge in [0.2, 0.25) is 0 Å². The second kappa shape index (κ2) is 3.80. The highest BCUT2D eigenvalue weighted by Crippen LogP contribution is 2.22. The van der Waals surface area contributed by atoms with Crippen LogP contribution in [0.4, 0.5) is 10.2 Å². The molecule has 0 bridgehead atoms. The molecule has 3 nitrogen and oxygen atoms in total. The molecule has 2 rings (SSSR count). The normalized spacial score (nSPS) is 10.6. The topological polar surface area (TPSA) is 43.8 Å². The molecule has 0 amide bonds. The zero-order valence-corrected chi connectivity index (χ0v) is 10.2. The van der Waals surface area contributed by atoms with E-state index >= 15 is 0 Å². The first-order valence-corrected chi connectivity index (χ1v) is 5.44. The number of rotatable bonds is 1. The standard InChI is InChI=1S/C10H9FIN3/c1-6-9(12)10(13)15(14-6)8-4-2-7(11)3-5-8/h2-5H,13H2,1H3. The van der Waals surface area contributed by atoms with Crippen molar-refractivity contribution in [3.8, 4) is 5.69 Å². The van der Waals surface area contributed by atoms with Gasteiger partial charge >= 0.3 is 0 Å². The summed E-state index contributed by atoms with van der Waals surface area (Å²) >= 11 is 2.14. The molecule has 1 aromatic carbocycles. The van der Waals surface area contributed by atoms with E-state index in [9.17, 15) is 4.39 Å². The van der Waals surface area contributed by atoms with Crippen LogP contribution in [0.1, 0.15) is 5.69 Å². The minimum Gasteiger partial charge on any atom is -0.383 e. The van der Waals surface area contributed by atoms with Gasteiger partial charge in [-0.05, 0) is 53.8 Å². The van der Waals surface area contributed by atoms with Gasteiger partial charge in [-0.1, -0.05) is 0 Å². The van der Waals surface area contributed by atoms with Crippen LogP contribution in [-0.4, -0.2) is 9.78 Å². The highest BCUT2D eigenvalue weighted by molar-refractivity contribution is 14.1. The largest absolute Gasteiger partial charge is 0.383 e. The van der Waals surface area contributed by atoms with Crippen molar-refractivity contribution < 1.29 is 4.39 Å². The highest BCUT2D eigenvalue weighted by atomic mass is 127. The van der Waals surface area contributed by atoms with Crippen molar-refractivity contribution in [1.29, 1.82) is 0 Å². The fraction of sp³-hybridized carbons (Fsp3) is 0.100. The first-order chi connectivity index (χ1) is 7.09. The number of hydrogen-bond acceptors (Lipinski definition) is 2. The number of nitrogen functional groups attached to an aromatic ring is 1. The Bertz CT molecular complexity index is 490. The van der Waals surface area contributed by atoms with Crippen molar-refractivity contribution in [2.45, 2.75) is 6.92 Å². The van der Waals surface area contributed by atoms with E-state index in [2.05, 4.69) is 27.7 Å². The molecule has 0 atom stereocenters. The molecular weight excluding hydrogens is 308 g/mol. The Hall–Kier alpha value is -1.11. The van der Waals surface area contributed by atoms with Gasteiger partial charge in [0.15, 0.2) is 0 Å².